The van der Waals surface area contributed by atoms with Crippen LogP contribution >= 0.6 is 11.6 Å². The fourth-order valence-electron chi connectivity index (χ4n) is 2.83. The van der Waals surface area contributed by atoms with Crippen molar-refractivity contribution in [2.75, 3.05) is 6.61 Å². The largest absolute Gasteiger partial charge is 0.493 e. The van der Waals surface area contributed by atoms with Crippen LogP contribution < -0.4 is 4.74 Å². The Labute approximate surface area is 154 Å². The second kappa shape index (κ2) is 6.68. The molecular weight excluding hydrogens is 332 g/mol. The van der Waals surface area contributed by atoms with Crippen molar-refractivity contribution in [1.29, 1.82) is 0 Å². The van der Waals surface area contributed by atoms with Crippen molar-refractivity contribution in [2.24, 2.45) is 0 Å². The van der Waals surface area contributed by atoms with Gasteiger partial charge in [0.1, 0.15) is 11.1 Å². The Morgan fingerprint density at radius 1 is 1.04 bits per heavy atom. The van der Waals surface area contributed by atoms with Crippen LogP contribution in [0, 0.1) is 6.92 Å². The van der Waals surface area contributed by atoms with Gasteiger partial charge in [0.15, 0.2) is 0 Å². The van der Waals surface area contributed by atoms with Crippen molar-refractivity contribution in [3.63, 3.8) is 0 Å². The van der Waals surface area contributed by atoms with Gasteiger partial charge < -0.3 is 4.74 Å². The van der Waals surface area contributed by atoms with Gasteiger partial charge in [0.25, 0.3) is 0 Å². The van der Waals surface area contributed by atoms with Crippen LogP contribution in [0.5, 0.6) is 5.75 Å². The third-order valence-corrected chi connectivity index (χ3v) is 4.75. The molecule has 0 bridgehead atoms. The molecule has 1 heterocycles. The van der Waals surface area contributed by atoms with E-state index in [-0.39, 0.29) is 5.41 Å². The van der Waals surface area contributed by atoms with Gasteiger partial charge in [-0.2, -0.15) is 0 Å². The van der Waals surface area contributed by atoms with Gasteiger partial charge in [-0.05, 0) is 48.6 Å². The fourth-order valence-corrected chi connectivity index (χ4v) is 2.99. The number of ether oxygens (including phenoxy) is 1. The number of rotatable bonds is 3. The van der Waals surface area contributed by atoms with Crippen LogP contribution in [0.25, 0.3) is 22.3 Å². The summed E-state index contributed by atoms with van der Waals surface area (Å²) in [7, 11) is 0. The van der Waals surface area contributed by atoms with Gasteiger partial charge >= 0.3 is 11.3 Å². The Morgan fingerprint density at radius 3 is 2.32 bits per heavy atom. The Morgan fingerprint density at radius 2 is 1.72 bits per heavy atom. The number of halogens is 1. The molecule has 0 atom stereocenters. The molecule has 0 aliphatic carbocycles. The summed E-state index contributed by atoms with van der Waals surface area (Å²) in [5, 5.41) is 1.61. The van der Waals surface area contributed by atoms with Gasteiger partial charge in [-0.3, -0.25) is 0 Å². The third-order valence-electron chi connectivity index (χ3n) is 4.34. The number of benzene rings is 2. The molecule has 1 aromatic heterocycles. The maximum absolute atomic E-state index is 6.28. The number of aryl methyl sites for hydroxylation is 1. The molecule has 0 radical (unpaired) electrons. The Kier molecular flexibility index (Phi) is 4.75. The lowest BCUT2D eigenvalue weighted by Crippen LogP contribution is -2.10. The van der Waals surface area contributed by atoms with Crippen molar-refractivity contribution < 1.29 is 9.15 Å². The zero-order valence-corrected chi connectivity index (χ0v) is 16.2. The first-order valence-corrected chi connectivity index (χ1v) is 8.98. The molecule has 2 aromatic carbocycles. The zero-order valence-electron chi connectivity index (χ0n) is 15.4. The van der Waals surface area contributed by atoms with E-state index in [0.717, 1.165) is 33.6 Å². The van der Waals surface area contributed by atoms with Gasteiger partial charge in [-0.1, -0.05) is 44.5 Å². The van der Waals surface area contributed by atoms with Crippen LogP contribution in [0.1, 0.15) is 38.8 Å². The summed E-state index contributed by atoms with van der Waals surface area (Å²) in [6.45, 7) is 11.2. The first-order valence-electron chi connectivity index (χ1n) is 8.60. The summed E-state index contributed by atoms with van der Waals surface area (Å²) in [6.07, 6.45) is 0. The minimum atomic E-state index is 0.128. The summed E-state index contributed by atoms with van der Waals surface area (Å²) in [4.78, 5) is 0. The first kappa shape index (κ1) is 17.8. The Balaban J connectivity index is 2.14. The molecule has 0 amide bonds. The SMILES string of the molecule is CCOc1cc(-c2ccc(C(C)(C)C)cc2)[o+]c2cc(C)c(Cl)cc12. The molecular formula is C22H24ClO2+. The van der Waals surface area contributed by atoms with Crippen molar-refractivity contribution in [1.82, 2.24) is 0 Å². The molecule has 0 aliphatic heterocycles. The standard InChI is InChI=1S/C22H24ClO2/c1-6-24-20-13-19(15-7-9-16(10-8-15)22(3,4)5)25-21-11-14(2)18(23)12-17(20)21/h7-13H,6H2,1-5H3/q+1. The molecule has 3 aromatic rings. The van der Waals surface area contributed by atoms with Gasteiger partial charge in [0.2, 0.25) is 0 Å². The molecule has 0 aliphatic rings. The maximum Gasteiger partial charge on any atom is 0.364 e. The van der Waals surface area contributed by atoms with Crippen LogP contribution in [0.2, 0.25) is 5.02 Å². The zero-order chi connectivity index (χ0) is 18.2. The van der Waals surface area contributed by atoms with Crippen LogP contribution in [0.15, 0.2) is 46.9 Å². The van der Waals surface area contributed by atoms with E-state index in [0.29, 0.717) is 11.6 Å². The Bertz CT molecular complexity index is 906. The Hall–Kier alpha value is -2.06. The normalized spacial score (nSPS) is 11.8. The maximum atomic E-state index is 6.28. The molecule has 3 heteroatoms. The van der Waals surface area contributed by atoms with Crippen LogP contribution in [-0.4, -0.2) is 6.61 Å². The quantitative estimate of drug-likeness (QED) is 0.469. The third kappa shape index (κ3) is 3.64. The molecule has 0 saturated carbocycles. The van der Waals surface area contributed by atoms with Crippen LogP contribution in [-0.2, 0) is 5.41 Å². The highest BCUT2D eigenvalue weighted by molar-refractivity contribution is 6.32. The second-order valence-electron chi connectivity index (χ2n) is 7.33. The lowest BCUT2D eigenvalue weighted by Gasteiger charge is -2.18. The van der Waals surface area contributed by atoms with Gasteiger partial charge in [0, 0.05) is 11.1 Å². The topological polar surface area (TPSA) is 20.5 Å². The van der Waals surface area contributed by atoms with Crippen LogP contribution in [0.4, 0.5) is 0 Å². The molecule has 0 fully saturated rings. The van der Waals surface area contributed by atoms with Gasteiger partial charge in [-0.25, -0.2) is 4.42 Å². The van der Waals surface area contributed by atoms with Crippen molar-refractivity contribution >= 4 is 22.6 Å². The minimum absolute atomic E-state index is 0.128. The molecule has 0 saturated heterocycles. The molecule has 3 rings (SSSR count). The van der Waals surface area contributed by atoms with E-state index in [1.165, 1.54) is 5.56 Å². The summed E-state index contributed by atoms with van der Waals surface area (Å²) >= 11 is 6.28. The minimum Gasteiger partial charge on any atom is -0.493 e. The van der Waals surface area contributed by atoms with E-state index in [4.69, 9.17) is 20.8 Å². The predicted octanol–water partition coefficient (Wildman–Crippen LogP) is 7.04. The predicted molar refractivity (Wildman–Crippen MR) is 106 cm³/mol. The van der Waals surface area contributed by atoms with E-state index < -0.39 is 0 Å². The van der Waals surface area contributed by atoms with Crippen molar-refractivity contribution in [2.45, 2.75) is 40.0 Å². The van der Waals surface area contributed by atoms with Gasteiger partial charge in [-0.15, -0.1) is 0 Å². The molecule has 2 nitrogen and oxygen atoms in total. The average molecular weight is 356 g/mol. The van der Waals surface area contributed by atoms with Crippen molar-refractivity contribution in [3.8, 4) is 17.1 Å². The number of hydrogen-bond acceptors (Lipinski definition) is 1. The fraction of sp³-hybridized carbons (Fsp3) is 0.318. The van der Waals surface area contributed by atoms with Gasteiger partial charge in [0.05, 0.1) is 18.2 Å². The van der Waals surface area contributed by atoms with E-state index >= 15 is 0 Å². The summed E-state index contributed by atoms with van der Waals surface area (Å²) < 4.78 is 12.0. The first-order chi connectivity index (χ1) is 11.8. The van der Waals surface area contributed by atoms with E-state index in [2.05, 4.69) is 45.0 Å². The van der Waals surface area contributed by atoms with Crippen LogP contribution in [0.3, 0.4) is 0 Å². The second-order valence-corrected chi connectivity index (χ2v) is 7.74. The summed E-state index contributed by atoms with van der Waals surface area (Å²) in [5.74, 6) is 1.58. The van der Waals surface area contributed by atoms with E-state index in [1.54, 1.807) is 0 Å². The molecule has 0 N–H and O–H groups in total. The molecule has 0 spiro atoms. The highest BCUT2D eigenvalue weighted by Gasteiger charge is 2.22. The lowest BCUT2D eigenvalue weighted by atomic mass is 9.86. The number of hydrogen-bond donors (Lipinski definition) is 0. The molecule has 0 unspecified atom stereocenters. The molecule has 130 valence electrons. The average Bonchev–Trinajstić information content (AvgIpc) is 2.56. The highest BCUT2D eigenvalue weighted by Crippen LogP contribution is 2.36. The monoisotopic (exact) mass is 355 g/mol. The smallest absolute Gasteiger partial charge is 0.364 e. The summed E-state index contributed by atoms with van der Waals surface area (Å²) in [6, 6.07) is 14.3. The molecule has 25 heavy (non-hydrogen) atoms. The summed E-state index contributed by atoms with van der Waals surface area (Å²) in [5.41, 5.74) is 4.22. The van der Waals surface area contributed by atoms with E-state index in [1.807, 2.05) is 32.0 Å². The highest BCUT2D eigenvalue weighted by atomic mass is 35.5. The lowest BCUT2D eigenvalue weighted by molar-refractivity contribution is 0.342. The number of fused-ring (bicyclic) bond motifs is 1. The van der Waals surface area contributed by atoms with Crippen molar-refractivity contribution in [3.05, 3.63) is 58.6 Å². The van der Waals surface area contributed by atoms with E-state index in [9.17, 15) is 0 Å².